The number of nitrogens with zero attached hydrogens (tertiary/aromatic N) is 1. The lowest BCUT2D eigenvalue weighted by Gasteiger charge is -2.24. The van der Waals surface area contributed by atoms with Crippen LogP contribution in [0, 0.1) is 0 Å². The number of rotatable bonds is 62. The Balaban J connectivity index is 4.20. The van der Waals surface area contributed by atoms with Gasteiger partial charge in [-0.05, 0) is 141 Å². The minimum atomic E-state index is -4.42. The van der Waals surface area contributed by atoms with E-state index in [0.29, 0.717) is 17.4 Å². The topological polar surface area (TPSA) is 108 Å². The van der Waals surface area contributed by atoms with Gasteiger partial charge in [-0.1, -0.05) is 285 Å². The van der Waals surface area contributed by atoms with E-state index in [1.165, 1.54) is 70.6 Å². The van der Waals surface area contributed by atoms with E-state index < -0.39 is 26.5 Å². The SMILES string of the molecule is CC/C=C\C/C=C\C/C=C\C/C=C\C/C=C\C/C=C\C/C=C\C/C=C\C/C=C\C/C=C\CCCCC(=O)OC(COC(=O)CCCCCCCCCCCCCCCC/C=C\C/C=C\C/C=C\C/C=C\C/C=C\C/C=C\CC)COP(=O)(O)OCC[N+](C)(C)C. The molecule has 0 aromatic rings. The number of unbranched alkanes of at least 4 members (excludes halogenated alkanes) is 16. The van der Waals surface area contributed by atoms with Gasteiger partial charge in [-0.3, -0.25) is 18.6 Å². The standard InChI is InChI=1S/C80H128NO8P/c1-6-8-10-12-14-16-18-20-22-24-26-28-30-32-34-36-38-40-42-44-46-48-50-52-54-56-58-60-62-64-66-68-70-72-79(82)86-76-78(77-88-90(84,85)87-75-74-81(3,4)5)89-80(83)73-71-69-67-65-63-61-59-57-55-53-51-49-47-45-43-41-39-37-35-33-31-29-27-25-23-21-19-17-15-13-11-9-7-2/h8-11,14-17,20-23,26-29,32-35,38-41,45,47,51,53,57,59,63,65,78H,6-7,12-13,18-19,24-25,30-31,36-37,42-44,46,48-50,52,54-56,58,60-62,64,66-77H2,1-5H3/p+1/b10-8-,11-9-,16-14-,17-15-,22-20-,23-21-,28-26-,29-27-,34-32-,35-33-,40-38-,41-39-,47-45-,53-51-,59-57-,65-63-. The Kier molecular flexibility index (Phi) is 64.3. The number of allylic oxidation sites excluding steroid dienone is 32. The van der Waals surface area contributed by atoms with Gasteiger partial charge in [0.05, 0.1) is 27.7 Å². The molecule has 0 aromatic carbocycles. The van der Waals surface area contributed by atoms with Crippen molar-refractivity contribution in [3.8, 4) is 0 Å². The van der Waals surface area contributed by atoms with Crippen molar-refractivity contribution in [1.82, 2.24) is 0 Å². The van der Waals surface area contributed by atoms with Crippen molar-refractivity contribution in [2.24, 2.45) is 0 Å². The maximum absolute atomic E-state index is 12.9. The molecule has 1 N–H and O–H groups in total. The molecule has 0 saturated carbocycles. The first-order valence-corrected chi connectivity index (χ1v) is 36.7. The lowest BCUT2D eigenvalue weighted by atomic mass is 10.0. The zero-order chi connectivity index (χ0) is 65.5. The number of carbonyl (C=O) groups excluding carboxylic acids is 2. The summed E-state index contributed by atoms with van der Waals surface area (Å²) in [6.07, 6.45) is 107. The molecule has 506 valence electrons. The summed E-state index contributed by atoms with van der Waals surface area (Å²) in [5.74, 6) is -0.861. The van der Waals surface area contributed by atoms with Crippen molar-refractivity contribution in [1.29, 1.82) is 0 Å². The van der Waals surface area contributed by atoms with E-state index in [9.17, 15) is 19.0 Å². The van der Waals surface area contributed by atoms with Gasteiger partial charge in [-0.25, -0.2) is 4.57 Å². The number of esters is 2. The maximum atomic E-state index is 12.9. The number of carbonyl (C=O) groups is 2. The normalized spacial score (nSPS) is 14.3. The number of likely N-dealkylation sites (N-methyl/N-ethyl adjacent to an activating group) is 1. The highest BCUT2D eigenvalue weighted by molar-refractivity contribution is 7.47. The lowest BCUT2D eigenvalue weighted by molar-refractivity contribution is -0.870. The van der Waals surface area contributed by atoms with Crippen LogP contribution in [0.3, 0.4) is 0 Å². The largest absolute Gasteiger partial charge is 0.472 e. The van der Waals surface area contributed by atoms with E-state index in [1.54, 1.807) is 0 Å². The van der Waals surface area contributed by atoms with E-state index in [2.05, 4.69) is 208 Å². The number of hydrogen-bond acceptors (Lipinski definition) is 7. The molecule has 2 unspecified atom stereocenters. The number of hydrogen-bond donors (Lipinski definition) is 1. The van der Waals surface area contributed by atoms with Crippen molar-refractivity contribution >= 4 is 19.8 Å². The van der Waals surface area contributed by atoms with Gasteiger partial charge in [0, 0.05) is 12.8 Å². The summed E-state index contributed by atoms with van der Waals surface area (Å²) in [4.78, 5) is 35.9. The van der Waals surface area contributed by atoms with Crippen LogP contribution in [0.15, 0.2) is 194 Å². The third kappa shape index (κ3) is 71.9. The van der Waals surface area contributed by atoms with Crippen molar-refractivity contribution in [2.75, 3.05) is 47.5 Å². The number of ether oxygens (including phenoxy) is 2. The van der Waals surface area contributed by atoms with E-state index in [0.717, 1.165) is 141 Å². The molecule has 9 nitrogen and oxygen atoms in total. The summed E-state index contributed by atoms with van der Waals surface area (Å²) >= 11 is 0. The summed E-state index contributed by atoms with van der Waals surface area (Å²) in [5, 5.41) is 0. The second-order valence-corrected chi connectivity index (χ2v) is 25.3. The van der Waals surface area contributed by atoms with E-state index >= 15 is 0 Å². The van der Waals surface area contributed by atoms with Crippen LogP contribution in [-0.4, -0.2) is 74.9 Å². The van der Waals surface area contributed by atoms with Gasteiger partial charge in [0.25, 0.3) is 0 Å². The second kappa shape index (κ2) is 68.2. The Morgan fingerprint density at radius 1 is 0.344 bits per heavy atom. The smallest absolute Gasteiger partial charge is 0.462 e. The number of phosphoric ester groups is 1. The molecule has 10 heteroatoms. The minimum absolute atomic E-state index is 0.0126. The molecule has 0 fully saturated rings. The zero-order valence-electron chi connectivity index (χ0n) is 57.5. The minimum Gasteiger partial charge on any atom is -0.462 e. The molecule has 0 radical (unpaired) electrons. The van der Waals surface area contributed by atoms with Gasteiger partial charge in [0.2, 0.25) is 0 Å². The highest BCUT2D eigenvalue weighted by Gasteiger charge is 2.27. The Hall–Kier alpha value is -5.15. The van der Waals surface area contributed by atoms with Crippen LogP contribution in [0.2, 0.25) is 0 Å². The maximum Gasteiger partial charge on any atom is 0.472 e. The van der Waals surface area contributed by atoms with Crippen LogP contribution >= 0.6 is 7.82 Å². The summed E-state index contributed by atoms with van der Waals surface area (Å²) < 4.78 is 34.6. The molecule has 0 spiro atoms. The molecule has 0 aromatic heterocycles. The van der Waals surface area contributed by atoms with Crippen LogP contribution in [0.25, 0.3) is 0 Å². The molecule has 0 rings (SSSR count). The number of phosphoric acid groups is 1. The van der Waals surface area contributed by atoms with Gasteiger partial charge in [-0.2, -0.15) is 0 Å². The number of quaternary nitrogens is 1. The van der Waals surface area contributed by atoms with E-state index in [-0.39, 0.29) is 32.0 Å². The van der Waals surface area contributed by atoms with E-state index in [4.69, 9.17) is 18.5 Å². The van der Waals surface area contributed by atoms with Crippen LogP contribution in [0.5, 0.6) is 0 Å². The molecule has 0 aliphatic carbocycles. The summed E-state index contributed by atoms with van der Waals surface area (Å²) in [6, 6.07) is 0. The van der Waals surface area contributed by atoms with Crippen molar-refractivity contribution in [3.63, 3.8) is 0 Å². The van der Waals surface area contributed by atoms with Gasteiger partial charge in [0.15, 0.2) is 6.10 Å². The summed E-state index contributed by atoms with van der Waals surface area (Å²) in [6.45, 7) is 4.14. The molecule has 0 heterocycles. The monoisotopic (exact) mass is 1260 g/mol. The molecular weight excluding hydrogens is 1130 g/mol. The zero-order valence-corrected chi connectivity index (χ0v) is 58.4. The molecule has 0 amide bonds. The summed E-state index contributed by atoms with van der Waals surface area (Å²) in [5.41, 5.74) is 0. The van der Waals surface area contributed by atoms with Crippen LogP contribution in [0.1, 0.15) is 245 Å². The Morgan fingerprint density at radius 2 is 0.600 bits per heavy atom. The highest BCUT2D eigenvalue weighted by atomic mass is 31.2. The van der Waals surface area contributed by atoms with E-state index in [1.807, 2.05) is 21.1 Å². The molecule has 90 heavy (non-hydrogen) atoms. The van der Waals surface area contributed by atoms with Gasteiger partial charge >= 0.3 is 19.8 Å². The first-order chi connectivity index (χ1) is 44.0. The van der Waals surface area contributed by atoms with Crippen molar-refractivity contribution in [2.45, 2.75) is 251 Å². The van der Waals surface area contributed by atoms with Crippen LogP contribution < -0.4 is 0 Å². The highest BCUT2D eigenvalue weighted by Crippen LogP contribution is 2.43. The quantitative estimate of drug-likeness (QED) is 0.0211. The first kappa shape index (κ1) is 84.8. The second-order valence-electron chi connectivity index (χ2n) is 23.8. The van der Waals surface area contributed by atoms with Gasteiger partial charge in [-0.15, -0.1) is 0 Å². The van der Waals surface area contributed by atoms with Crippen molar-refractivity contribution in [3.05, 3.63) is 194 Å². The molecule has 0 saturated heterocycles. The first-order valence-electron chi connectivity index (χ1n) is 35.2. The Labute approximate surface area is 552 Å². The Bertz CT molecular complexity index is 2220. The van der Waals surface area contributed by atoms with Gasteiger partial charge in [0.1, 0.15) is 19.8 Å². The Morgan fingerprint density at radius 3 is 0.911 bits per heavy atom. The molecule has 2 atom stereocenters. The van der Waals surface area contributed by atoms with Crippen LogP contribution in [0.4, 0.5) is 0 Å². The summed E-state index contributed by atoms with van der Waals surface area (Å²) in [7, 11) is 1.42. The van der Waals surface area contributed by atoms with Gasteiger partial charge < -0.3 is 18.9 Å². The predicted octanol–water partition coefficient (Wildman–Crippen LogP) is 23.3. The third-order valence-corrected chi connectivity index (χ3v) is 15.1. The molecule has 0 aliphatic heterocycles. The fourth-order valence-corrected chi connectivity index (χ4v) is 9.55. The third-order valence-electron chi connectivity index (χ3n) is 14.1. The fourth-order valence-electron chi connectivity index (χ4n) is 8.81. The fraction of sp³-hybridized carbons (Fsp3) is 0.575. The van der Waals surface area contributed by atoms with Crippen LogP contribution in [-0.2, 0) is 32.7 Å². The predicted molar refractivity (Wildman–Crippen MR) is 389 cm³/mol. The lowest BCUT2D eigenvalue weighted by Crippen LogP contribution is -2.37. The average molecular weight is 1260 g/mol. The van der Waals surface area contributed by atoms with Crippen molar-refractivity contribution < 1.29 is 42.1 Å². The molecule has 0 bridgehead atoms. The molecular formula is C80H129NO8P+. The average Bonchev–Trinajstić information content (AvgIpc) is 3.58. The molecule has 0 aliphatic rings.